The molecule has 0 saturated carbocycles. The molecule has 0 saturated heterocycles. The Hall–Kier alpha value is -1.39. The molecule has 114 valence electrons. The molecule has 0 aromatic heterocycles. The number of carbonyl (C=O) groups is 1. The van der Waals surface area contributed by atoms with Gasteiger partial charge in [0.05, 0.1) is 12.2 Å². The van der Waals surface area contributed by atoms with Crippen LogP contribution in [0.15, 0.2) is 36.5 Å². The minimum absolute atomic E-state index is 0.0126. The van der Waals surface area contributed by atoms with Crippen LogP contribution < -0.4 is 0 Å². The molecule has 4 heteroatoms. The van der Waals surface area contributed by atoms with Crippen molar-refractivity contribution in [1.82, 2.24) is 4.90 Å². The van der Waals surface area contributed by atoms with Crippen LogP contribution in [0.5, 0.6) is 0 Å². The summed E-state index contributed by atoms with van der Waals surface area (Å²) in [6.45, 7) is 3.90. The fourth-order valence-corrected chi connectivity index (χ4v) is 1.31. The van der Waals surface area contributed by atoms with Crippen LogP contribution in [0.4, 0.5) is 0 Å². The first kappa shape index (κ1) is 18.6. The van der Waals surface area contributed by atoms with Gasteiger partial charge in [0.2, 0.25) is 5.91 Å². The van der Waals surface area contributed by atoms with Gasteiger partial charge in [-0.05, 0) is 12.3 Å². The number of rotatable bonds is 8. The molecule has 4 nitrogen and oxygen atoms in total. The van der Waals surface area contributed by atoms with Crippen molar-refractivity contribution in [2.24, 2.45) is 5.92 Å². The highest BCUT2D eigenvalue weighted by Crippen LogP contribution is 2.03. The van der Waals surface area contributed by atoms with Gasteiger partial charge in [0.1, 0.15) is 0 Å². The summed E-state index contributed by atoms with van der Waals surface area (Å²) in [5.74, 6) is 0.213. The molecule has 1 amide bonds. The number of allylic oxidation sites excluding steroid dienone is 4. The maximum Gasteiger partial charge on any atom is 0.222 e. The Morgan fingerprint density at radius 1 is 1.05 bits per heavy atom. The minimum Gasteiger partial charge on any atom is -0.389 e. The smallest absolute Gasteiger partial charge is 0.222 e. The molecular formula is C16H27NO3. The van der Waals surface area contributed by atoms with Crippen molar-refractivity contribution in [3.63, 3.8) is 0 Å². The van der Waals surface area contributed by atoms with E-state index in [1.807, 2.05) is 13.8 Å². The van der Waals surface area contributed by atoms with Gasteiger partial charge in [-0.25, -0.2) is 0 Å². The second-order valence-electron chi connectivity index (χ2n) is 5.28. The summed E-state index contributed by atoms with van der Waals surface area (Å²) in [5.41, 5.74) is 0. The molecule has 2 unspecified atom stereocenters. The molecule has 0 spiro atoms. The molecule has 20 heavy (non-hydrogen) atoms. The van der Waals surface area contributed by atoms with Crippen molar-refractivity contribution >= 4 is 5.91 Å². The van der Waals surface area contributed by atoms with Crippen molar-refractivity contribution < 1.29 is 15.0 Å². The topological polar surface area (TPSA) is 60.8 Å². The third kappa shape index (κ3) is 9.53. The van der Waals surface area contributed by atoms with Gasteiger partial charge in [0.15, 0.2) is 0 Å². The van der Waals surface area contributed by atoms with Crippen LogP contribution >= 0.6 is 0 Å². The second-order valence-corrected chi connectivity index (χ2v) is 5.28. The zero-order chi connectivity index (χ0) is 15.5. The Kier molecular flexibility index (Phi) is 9.68. The summed E-state index contributed by atoms with van der Waals surface area (Å²) in [6, 6.07) is 0. The standard InChI is InChI=1S/C16H27NO3/c1-13(2)15(19)10-8-6-5-7-9-14(18)11-12-16(20)17(3)4/h5-10,13-15,18-19H,11-12H2,1-4H3. The van der Waals surface area contributed by atoms with E-state index in [1.165, 1.54) is 4.90 Å². The maximum atomic E-state index is 11.3. The Morgan fingerprint density at radius 2 is 1.60 bits per heavy atom. The highest BCUT2D eigenvalue weighted by atomic mass is 16.3. The van der Waals surface area contributed by atoms with Crippen LogP contribution in [0.2, 0.25) is 0 Å². The van der Waals surface area contributed by atoms with Gasteiger partial charge in [-0.1, -0.05) is 50.3 Å². The molecule has 0 bridgehead atoms. The van der Waals surface area contributed by atoms with Gasteiger partial charge < -0.3 is 15.1 Å². The van der Waals surface area contributed by atoms with E-state index in [-0.39, 0.29) is 11.8 Å². The zero-order valence-corrected chi connectivity index (χ0v) is 12.9. The van der Waals surface area contributed by atoms with Crippen LogP contribution in [0, 0.1) is 5.92 Å². The van der Waals surface area contributed by atoms with E-state index in [1.54, 1.807) is 50.6 Å². The highest BCUT2D eigenvalue weighted by Gasteiger charge is 2.06. The van der Waals surface area contributed by atoms with Gasteiger partial charge in [-0.3, -0.25) is 4.79 Å². The molecular weight excluding hydrogens is 254 g/mol. The number of carbonyl (C=O) groups excluding carboxylic acids is 1. The number of amides is 1. The Balaban J connectivity index is 3.97. The SMILES string of the molecule is CC(C)C(O)C=CC=CC=CC(O)CCC(=O)N(C)C. The van der Waals surface area contributed by atoms with Crippen molar-refractivity contribution in [2.45, 2.75) is 38.9 Å². The van der Waals surface area contributed by atoms with Crippen molar-refractivity contribution in [3.05, 3.63) is 36.5 Å². The number of aliphatic hydroxyl groups is 2. The number of nitrogens with zero attached hydrogens (tertiary/aromatic N) is 1. The van der Waals surface area contributed by atoms with Gasteiger partial charge in [-0.2, -0.15) is 0 Å². The van der Waals surface area contributed by atoms with Gasteiger partial charge >= 0.3 is 0 Å². The molecule has 0 aliphatic carbocycles. The molecule has 0 aliphatic heterocycles. The second kappa shape index (κ2) is 10.4. The molecule has 2 atom stereocenters. The van der Waals surface area contributed by atoms with Gasteiger partial charge in [-0.15, -0.1) is 0 Å². The number of hydrogen-bond acceptors (Lipinski definition) is 3. The summed E-state index contributed by atoms with van der Waals surface area (Å²) < 4.78 is 0. The fourth-order valence-electron chi connectivity index (χ4n) is 1.31. The van der Waals surface area contributed by atoms with Crippen molar-refractivity contribution in [1.29, 1.82) is 0 Å². The zero-order valence-electron chi connectivity index (χ0n) is 12.9. The lowest BCUT2D eigenvalue weighted by Crippen LogP contribution is -2.22. The summed E-state index contributed by atoms with van der Waals surface area (Å²) in [4.78, 5) is 12.8. The lowest BCUT2D eigenvalue weighted by Gasteiger charge is -2.10. The molecule has 0 aromatic carbocycles. The summed E-state index contributed by atoms with van der Waals surface area (Å²) in [5, 5.41) is 19.2. The molecule has 0 rings (SSSR count). The first-order valence-corrected chi connectivity index (χ1v) is 6.92. The highest BCUT2D eigenvalue weighted by molar-refractivity contribution is 5.75. The van der Waals surface area contributed by atoms with E-state index < -0.39 is 12.2 Å². The number of aliphatic hydroxyl groups excluding tert-OH is 2. The van der Waals surface area contributed by atoms with Gasteiger partial charge in [0.25, 0.3) is 0 Å². The molecule has 0 aromatic rings. The fraction of sp³-hybridized carbons (Fsp3) is 0.562. The molecule has 0 aliphatic rings. The van der Waals surface area contributed by atoms with Crippen LogP contribution in [0.1, 0.15) is 26.7 Å². The first-order valence-electron chi connectivity index (χ1n) is 6.92. The first-order chi connectivity index (χ1) is 9.34. The van der Waals surface area contributed by atoms with E-state index in [9.17, 15) is 15.0 Å². The Labute approximate surface area is 122 Å². The third-order valence-corrected chi connectivity index (χ3v) is 2.81. The predicted molar refractivity (Wildman–Crippen MR) is 82.2 cm³/mol. The summed E-state index contributed by atoms with van der Waals surface area (Å²) in [7, 11) is 3.40. The third-order valence-electron chi connectivity index (χ3n) is 2.81. The van der Waals surface area contributed by atoms with E-state index in [0.717, 1.165) is 0 Å². The molecule has 0 heterocycles. The van der Waals surface area contributed by atoms with Crippen LogP contribution in [-0.2, 0) is 4.79 Å². The largest absolute Gasteiger partial charge is 0.389 e. The average molecular weight is 281 g/mol. The Morgan fingerprint density at radius 3 is 2.10 bits per heavy atom. The maximum absolute atomic E-state index is 11.3. The molecule has 0 radical (unpaired) electrons. The quantitative estimate of drug-likeness (QED) is 0.668. The van der Waals surface area contributed by atoms with E-state index in [4.69, 9.17) is 0 Å². The Bertz CT molecular complexity index is 357. The lowest BCUT2D eigenvalue weighted by atomic mass is 10.1. The van der Waals surface area contributed by atoms with Crippen LogP contribution in [-0.4, -0.2) is 47.3 Å². The summed E-state index contributed by atoms with van der Waals surface area (Å²) in [6.07, 6.45) is 10.1. The predicted octanol–water partition coefficient (Wildman–Crippen LogP) is 1.90. The average Bonchev–Trinajstić information content (AvgIpc) is 2.39. The minimum atomic E-state index is -0.617. The monoisotopic (exact) mass is 281 g/mol. The van der Waals surface area contributed by atoms with E-state index >= 15 is 0 Å². The molecule has 0 fully saturated rings. The van der Waals surface area contributed by atoms with Crippen molar-refractivity contribution in [3.8, 4) is 0 Å². The normalized spacial score (nSPS) is 15.6. The number of hydrogen-bond donors (Lipinski definition) is 2. The van der Waals surface area contributed by atoms with Gasteiger partial charge in [0, 0.05) is 20.5 Å². The van der Waals surface area contributed by atoms with E-state index in [2.05, 4.69) is 0 Å². The summed E-state index contributed by atoms with van der Waals surface area (Å²) >= 11 is 0. The van der Waals surface area contributed by atoms with Crippen molar-refractivity contribution in [2.75, 3.05) is 14.1 Å². The lowest BCUT2D eigenvalue weighted by molar-refractivity contribution is -0.129. The van der Waals surface area contributed by atoms with Crippen LogP contribution in [0.3, 0.4) is 0 Å². The molecule has 2 N–H and O–H groups in total. The van der Waals surface area contributed by atoms with E-state index in [0.29, 0.717) is 12.8 Å². The van der Waals surface area contributed by atoms with Crippen LogP contribution in [0.25, 0.3) is 0 Å².